The van der Waals surface area contributed by atoms with E-state index in [1.54, 1.807) is 32.2 Å². The van der Waals surface area contributed by atoms with Gasteiger partial charge in [0, 0.05) is 36.7 Å². The highest BCUT2D eigenvalue weighted by atomic mass is 19.1. The van der Waals surface area contributed by atoms with Gasteiger partial charge in [-0.2, -0.15) is 5.10 Å². The minimum atomic E-state index is -0.524. The van der Waals surface area contributed by atoms with Gasteiger partial charge in [0.1, 0.15) is 24.5 Å². The number of carbonyl (C=O) groups is 1. The lowest BCUT2D eigenvalue weighted by molar-refractivity contribution is 0.260. The van der Waals surface area contributed by atoms with E-state index in [1.807, 2.05) is 19.0 Å². The normalized spacial score (nSPS) is 11.6. The van der Waals surface area contributed by atoms with Crippen molar-refractivity contribution in [1.82, 2.24) is 9.91 Å². The minimum Gasteiger partial charge on any atom is -0.492 e. The minimum absolute atomic E-state index is 0.167. The number of carbonyl (C=O) groups excluding carboxylic acids is 1. The fourth-order valence-corrected chi connectivity index (χ4v) is 2.64. The molecule has 0 aromatic heterocycles. The van der Waals surface area contributed by atoms with Gasteiger partial charge in [0.05, 0.1) is 5.70 Å². The summed E-state index contributed by atoms with van der Waals surface area (Å²) >= 11 is 0. The molecule has 31 heavy (non-hydrogen) atoms. The average Bonchev–Trinajstić information content (AvgIpc) is 2.71. The number of rotatable bonds is 9. The second-order valence-corrected chi connectivity index (χ2v) is 6.84. The molecule has 0 radical (unpaired) electrons. The second kappa shape index (κ2) is 11.7. The van der Waals surface area contributed by atoms with Gasteiger partial charge in [-0.1, -0.05) is 0 Å². The highest BCUT2D eigenvalue weighted by Gasteiger charge is 2.16. The molecule has 0 aliphatic heterocycles. The van der Waals surface area contributed by atoms with Gasteiger partial charge in [0.25, 0.3) is 0 Å². The first kappa shape index (κ1) is 23.8. The maximum atomic E-state index is 13.8. The second-order valence-electron chi connectivity index (χ2n) is 6.84. The standard InChI is InChI=1S/C22H27F2N5O2/c1-5-25-29(4)20(15-23)19-14-18(10-11-21(19)31-13-12-28(2)3)27-22(30)26-17-8-6-16(24)7-9-17/h5-11,14-15H,12-13H2,1-4H3,(H2,26,27,30)/b20-15+,25-5-. The lowest BCUT2D eigenvalue weighted by atomic mass is 10.1. The molecular formula is C22H27F2N5O2. The SMILES string of the molecule is C/C=N\N(C)/C(=C/F)c1cc(NC(=O)Nc2ccc(F)cc2)ccc1OCCN(C)C. The molecule has 0 atom stereocenters. The Morgan fingerprint density at radius 1 is 1.10 bits per heavy atom. The van der Waals surface area contributed by atoms with Crippen molar-refractivity contribution in [2.75, 3.05) is 44.9 Å². The number of nitrogens with zero attached hydrogens (tertiary/aromatic N) is 3. The Labute approximate surface area is 181 Å². The van der Waals surface area contributed by atoms with E-state index in [2.05, 4.69) is 15.7 Å². The van der Waals surface area contributed by atoms with Crippen molar-refractivity contribution in [1.29, 1.82) is 0 Å². The Bertz CT molecular complexity index is 930. The van der Waals surface area contributed by atoms with E-state index in [-0.39, 0.29) is 5.70 Å². The molecule has 166 valence electrons. The van der Waals surface area contributed by atoms with Crippen LogP contribution in [0, 0.1) is 5.82 Å². The van der Waals surface area contributed by atoms with Crippen molar-refractivity contribution in [2.24, 2.45) is 5.10 Å². The number of hydrogen-bond donors (Lipinski definition) is 2. The third-order valence-corrected chi connectivity index (χ3v) is 4.15. The van der Waals surface area contributed by atoms with E-state index >= 15 is 0 Å². The summed E-state index contributed by atoms with van der Waals surface area (Å²) in [4.78, 5) is 14.3. The molecule has 0 aliphatic carbocycles. The monoisotopic (exact) mass is 431 g/mol. The molecule has 0 saturated carbocycles. The van der Waals surface area contributed by atoms with Gasteiger partial charge in [-0.05, 0) is 63.5 Å². The van der Waals surface area contributed by atoms with E-state index in [9.17, 15) is 13.6 Å². The molecule has 0 unspecified atom stereocenters. The number of benzene rings is 2. The van der Waals surface area contributed by atoms with Gasteiger partial charge in [0.15, 0.2) is 0 Å². The molecule has 7 nitrogen and oxygen atoms in total. The first-order valence-corrected chi connectivity index (χ1v) is 9.62. The fraction of sp³-hybridized carbons (Fsp3) is 0.273. The summed E-state index contributed by atoms with van der Waals surface area (Å²) in [5, 5.41) is 10.7. The average molecular weight is 431 g/mol. The van der Waals surface area contributed by atoms with Gasteiger partial charge in [-0.15, -0.1) is 0 Å². The number of urea groups is 1. The molecule has 0 aliphatic rings. The Morgan fingerprint density at radius 3 is 2.35 bits per heavy atom. The lowest BCUT2D eigenvalue weighted by Gasteiger charge is -2.20. The zero-order valence-electron chi connectivity index (χ0n) is 18.0. The molecule has 2 N–H and O–H groups in total. The van der Waals surface area contributed by atoms with Gasteiger partial charge >= 0.3 is 6.03 Å². The third-order valence-electron chi connectivity index (χ3n) is 4.15. The molecule has 0 saturated heterocycles. The van der Waals surface area contributed by atoms with E-state index in [1.165, 1.54) is 35.5 Å². The summed E-state index contributed by atoms with van der Waals surface area (Å²) < 4.78 is 32.6. The molecule has 2 aromatic carbocycles. The highest BCUT2D eigenvalue weighted by Crippen LogP contribution is 2.31. The quantitative estimate of drug-likeness (QED) is 0.449. The Balaban J connectivity index is 2.25. The van der Waals surface area contributed by atoms with Crippen LogP contribution in [0.5, 0.6) is 5.75 Å². The number of likely N-dealkylation sites (N-methyl/N-ethyl adjacent to an activating group) is 1. The lowest BCUT2D eigenvalue weighted by Crippen LogP contribution is -2.21. The Morgan fingerprint density at radius 2 is 1.74 bits per heavy atom. The van der Waals surface area contributed by atoms with Crippen LogP contribution in [0.3, 0.4) is 0 Å². The molecule has 9 heteroatoms. The van der Waals surface area contributed by atoms with E-state index in [0.29, 0.717) is 42.2 Å². The van der Waals surface area contributed by atoms with Crippen LogP contribution < -0.4 is 15.4 Å². The highest BCUT2D eigenvalue weighted by molar-refractivity contribution is 6.00. The summed E-state index contributed by atoms with van der Waals surface area (Å²) in [6.07, 6.45) is 1.97. The number of hydrazone groups is 1. The molecule has 0 bridgehead atoms. The summed E-state index contributed by atoms with van der Waals surface area (Å²) in [6.45, 7) is 2.80. The summed E-state index contributed by atoms with van der Waals surface area (Å²) in [5.74, 6) is 0.0539. The number of anilines is 2. The van der Waals surface area contributed by atoms with Crippen LogP contribution in [0.15, 0.2) is 53.9 Å². The van der Waals surface area contributed by atoms with Gasteiger partial charge in [-0.3, -0.25) is 5.01 Å². The van der Waals surface area contributed by atoms with Crippen LogP contribution in [-0.4, -0.2) is 56.4 Å². The molecule has 0 spiro atoms. The topological polar surface area (TPSA) is 69.2 Å². The summed E-state index contributed by atoms with van der Waals surface area (Å²) in [5.41, 5.74) is 1.45. The van der Waals surface area contributed by atoms with E-state index in [0.717, 1.165) is 0 Å². The van der Waals surface area contributed by atoms with Crippen LogP contribution in [0.25, 0.3) is 5.70 Å². The fourth-order valence-electron chi connectivity index (χ4n) is 2.64. The molecule has 2 aromatic rings. The summed E-state index contributed by atoms with van der Waals surface area (Å²) in [7, 11) is 5.46. The van der Waals surface area contributed by atoms with Crippen molar-refractivity contribution >= 4 is 29.3 Å². The van der Waals surface area contributed by atoms with Crippen LogP contribution in [0.4, 0.5) is 25.0 Å². The maximum Gasteiger partial charge on any atom is 0.323 e. The van der Waals surface area contributed by atoms with Crippen molar-refractivity contribution in [3.8, 4) is 5.75 Å². The summed E-state index contributed by atoms with van der Waals surface area (Å²) in [6, 6.07) is 9.77. The first-order chi connectivity index (χ1) is 14.8. The van der Waals surface area contributed by atoms with Gasteiger partial charge < -0.3 is 20.3 Å². The Hall–Kier alpha value is -3.46. The van der Waals surface area contributed by atoms with Gasteiger partial charge in [-0.25, -0.2) is 13.6 Å². The number of hydrogen-bond acceptors (Lipinski definition) is 5. The number of ether oxygens (including phenoxy) is 1. The molecule has 2 amide bonds. The smallest absolute Gasteiger partial charge is 0.323 e. The van der Waals surface area contributed by atoms with Crippen LogP contribution in [-0.2, 0) is 0 Å². The largest absolute Gasteiger partial charge is 0.492 e. The van der Waals surface area contributed by atoms with Crippen LogP contribution >= 0.6 is 0 Å². The van der Waals surface area contributed by atoms with E-state index in [4.69, 9.17) is 4.74 Å². The third kappa shape index (κ3) is 7.38. The van der Waals surface area contributed by atoms with Crippen LogP contribution in [0.1, 0.15) is 12.5 Å². The molecular weight excluding hydrogens is 404 g/mol. The van der Waals surface area contributed by atoms with Crippen molar-refractivity contribution in [3.63, 3.8) is 0 Å². The molecule has 0 fully saturated rings. The predicted molar refractivity (Wildman–Crippen MR) is 121 cm³/mol. The number of nitrogens with one attached hydrogen (secondary N) is 2. The zero-order valence-corrected chi connectivity index (χ0v) is 18.0. The van der Waals surface area contributed by atoms with Crippen molar-refractivity contribution in [3.05, 3.63) is 60.2 Å². The Kier molecular flexibility index (Phi) is 8.95. The van der Waals surface area contributed by atoms with Crippen LogP contribution in [0.2, 0.25) is 0 Å². The maximum absolute atomic E-state index is 13.8. The van der Waals surface area contributed by atoms with E-state index < -0.39 is 11.8 Å². The van der Waals surface area contributed by atoms with Gasteiger partial charge in [0.2, 0.25) is 0 Å². The zero-order chi connectivity index (χ0) is 22.8. The number of amides is 2. The predicted octanol–water partition coefficient (Wildman–Crippen LogP) is 4.62. The molecule has 2 rings (SSSR count). The molecule has 0 heterocycles. The first-order valence-electron chi connectivity index (χ1n) is 9.62. The van der Waals surface area contributed by atoms with Crippen molar-refractivity contribution < 1.29 is 18.3 Å². The van der Waals surface area contributed by atoms with Crippen molar-refractivity contribution in [2.45, 2.75) is 6.92 Å². The number of halogens is 2.